The van der Waals surface area contributed by atoms with Crippen molar-refractivity contribution in [3.8, 4) is 0 Å². The van der Waals surface area contributed by atoms with Gasteiger partial charge in [0.1, 0.15) is 0 Å². The predicted molar refractivity (Wildman–Crippen MR) is 92.5 cm³/mol. The van der Waals surface area contributed by atoms with Crippen molar-refractivity contribution in [2.45, 2.75) is 51.5 Å². The van der Waals surface area contributed by atoms with Gasteiger partial charge in [0, 0.05) is 16.8 Å². The molecule has 1 aromatic heterocycles. The molecule has 0 saturated carbocycles. The van der Waals surface area contributed by atoms with Crippen molar-refractivity contribution in [3.05, 3.63) is 56.8 Å². The number of aryl methyl sites for hydroxylation is 3. The Morgan fingerprint density at radius 2 is 2.14 bits per heavy atom. The Bertz CT molecular complexity index is 614. The Morgan fingerprint density at radius 1 is 1.29 bits per heavy atom. The third-order valence-corrected chi connectivity index (χ3v) is 5.90. The topological polar surface area (TPSA) is 12.0 Å². The van der Waals surface area contributed by atoms with E-state index in [1.165, 1.54) is 36.0 Å². The van der Waals surface area contributed by atoms with E-state index in [1.807, 2.05) is 11.3 Å². The van der Waals surface area contributed by atoms with Crippen LogP contribution in [0.5, 0.6) is 0 Å². The highest BCUT2D eigenvalue weighted by Gasteiger charge is 2.28. The first-order chi connectivity index (χ1) is 10.2. The minimum Gasteiger partial charge on any atom is -0.316 e. The Balaban J connectivity index is 1.85. The van der Waals surface area contributed by atoms with E-state index in [0.717, 1.165) is 6.42 Å². The first-order valence-corrected chi connectivity index (χ1v) is 8.86. The average molecular weight is 299 g/mol. The fourth-order valence-corrected chi connectivity index (χ4v) is 4.64. The number of likely N-dealkylation sites (N-methyl/N-ethyl adjacent to an activating group) is 1. The highest BCUT2D eigenvalue weighted by Crippen LogP contribution is 2.38. The van der Waals surface area contributed by atoms with Crippen molar-refractivity contribution in [1.29, 1.82) is 0 Å². The molecule has 0 spiro atoms. The predicted octanol–water partition coefficient (Wildman–Crippen LogP) is 4.62. The second-order valence-electron chi connectivity index (χ2n) is 6.33. The van der Waals surface area contributed by atoms with E-state index in [1.54, 1.807) is 10.4 Å². The van der Waals surface area contributed by atoms with Gasteiger partial charge in [0.05, 0.1) is 0 Å². The summed E-state index contributed by atoms with van der Waals surface area (Å²) in [6.07, 6.45) is 5.07. The van der Waals surface area contributed by atoms with Gasteiger partial charge in [0.15, 0.2) is 0 Å². The van der Waals surface area contributed by atoms with Crippen molar-refractivity contribution < 1.29 is 0 Å². The van der Waals surface area contributed by atoms with E-state index in [-0.39, 0.29) is 0 Å². The molecule has 0 fully saturated rings. The van der Waals surface area contributed by atoms with Crippen LogP contribution in [0.3, 0.4) is 0 Å². The Labute approximate surface area is 132 Å². The molecule has 3 rings (SSSR count). The van der Waals surface area contributed by atoms with Crippen molar-refractivity contribution in [3.63, 3.8) is 0 Å². The Morgan fingerprint density at radius 3 is 2.95 bits per heavy atom. The van der Waals surface area contributed by atoms with Gasteiger partial charge in [-0.05, 0) is 74.7 Å². The maximum Gasteiger partial charge on any atom is 0.0174 e. The number of benzene rings is 1. The van der Waals surface area contributed by atoms with E-state index < -0.39 is 0 Å². The lowest BCUT2D eigenvalue weighted by molar-refractivity contribution is 0.413. The molecule has 1 nitrogen and oxygen atoms in total. The zero-order valence-corrected chi connectivity index (χ0v) is 14.1. The fourth-order valence-electron chi connectivity index (χ4n) is 3.64. The van der Waals surface area contributed by atoms with Crippen LogP contribution in [-0.2, 0) is 12.8 Å². The lowest BCUT2D eigenvalue weighted by atomic mass is 9.80. The Kier molecular flexibility index (Phi) is 4.46. The van der Waals surface area contributed by atoms with Gasteiger partial charge < -0.3 is 5.32 Å². The fraction of sp³-hybridized carbons (Fsp3) is 0.474. The highest BCUT2D eigenvalue weighted by atomic mass is 32.1. The molecule has 112 valence electrons. The quantitative estimate of drug-likeness (QED) is 0.869. The molecule has 1 heterocycles. The van der Waals surface area contributed by atoms with Gasteiger partial charge in [-0.25, -0.2) is 0 Å². The molecule has 0 amide bonds. The number of nitrogens with one attached hydrogen (secondary N) is 1. The second-order valence-corrected chi connectivity index (χ2v) is 7.33. The molecule has 0 bridgehead atoms. The zero-order valence-electron chi connectivity index (χ0n) is 13.3. The van der Waals surface area contributed by atoms with Gasteiger partial charge in [-0.3, -0.25) is 0 Å². The minimum absolute atomic E-state index is 0.541. The normalized spacial score (nSPS) is 19.3. The molecular weight excluding hydrogens is 274 g/mol. The lowest BCUT2D eigenvalue weighted by Crippen LogP contribution is -2.35. The van der Waals surface area contributed by atoms with Gasteiger partial charge in [0.2, 0.25) is 0 Å². The maximum absolute atomic E-state index is 3.60. The van der Waals surface area contributed by atoms with Crippen molar-refractivity contribution in [1.82, 2.24) is 5.32 Å². The maximum atomic E-state index is 3.60. The molecular formula is C19H25NS. The van der Waals surface area contributed by atoms with Crippen LogP contribution in [0.1, 0.15) is 45.9 Å². The van der Waals surface area contributed by atoms with Crippen LogP contribution in [0.25, 0.3) is 0 Å². The largest absolute Gasteiger partial charge is 0.316 e. The number of fused-ring (bicyclic) bond motifs is 1. The number of rotatable bonds is 4. The van der Waals surface area contributed by atoms with Crippen LogP contribution in [-0.4, -0.2) is 13.1 Å². The van der Waals surface area contributed by atoms with Crippen molar-refractivity contribution in [2.24, 2.45) is 0 Å². The summed E-state index contributed by atoms with van der Waals surface area (Å²) in [5.41, 5.74) is 5.89. The molecule has 1 aromatic carbocycles. The van der Waals surface area contributed by atoms with Crippen LogP contribution in [0.15, 0.2) is 29.6 Å². The van der Waals surface area contributed by atoms with E-state index in [9.17, 15) is 0 Å². The highest BCUT2D eigenvalue weighted by molar-refractivity contribution is 7.10. The van der Waals surface area contributed by atoms with Gasteiger partial charge >= 0.3 is 0 Å². The van der Waals surface area contributed by atoms with Gasteiger partial charge in [-0.2, -0.15) is 0 Å². The zero-order chi connectivity index (χ0) is 14.8. The molecule has 2 aromatic rings. The van der Waals surface area contributed by atoms with Crippen LogP contribution < -0.4 is 5.32 Å². The van der Waals surface area contributed by atoms with Crippen molar-refractivity contribution in [2.75, 3.05) is 7.05 Å². The molecule has 1 N–H and O–H groups in total. The van der Waals surface area contributed by atoms with Crippen molar-refractivity contribution >= 4 is 11.3 Å². The third-order valence-electron chi connectivity index (χ3n) is 4.90. The molecule has 0 radical (unpaired) electrons. The number of thiophene rings is 1. The van der Waals surface area contributed by atoms with Crippen LogP contribution in [0.4, 0.5) is 0 Å². The first-order valence-electron chi connectivity index (χ1n) is 7.98. The summed E-state index contributed by atoms with van der Waals surface area (Å²) in [4.78, 5) is 1.62. The average Bonchev–Trinajstić information content (AvgIpc) is 2.96. The SMILES string of the molecule is CNC(Cc1cc(C)ccc1C)C1CCCc2sccc21. The molecule has 0 aliphatic heterocycles. The summed E-state index contributed by atoms with van der Waals surface area (Å²) in [5, 5.41) is 5.87. The summed E-state index contributed by atoms with van der Waals surface area (Å²) in [6.45, 7) is 4.42. The molecule has 1 aliphatic carbocycles. The monoisotopic (exact) mass is 299 g/mol. The van der Waals surface area contributed by atoms with Crippen LogP contribution in [0, 0.1) is 13.8 Å². The smallest absolute Gasteiger partial charge is 0.0174 e. The van der Waals surface area contributed by atoms with E-state index in [2.05, 4.69) is 55.9 Å². The third kappa shape index (κ3) is 3.07. The molecule has 0 saturated heterocycles. The van der Waals surface area contributed by atoms with E-state index in [0.29, 0.717) is 12.0 Å². The summed E-state index contributed by atoms with van der Waals surface area (Å²) in [6, 6.07) is 9.73. The number of hydrogen-bond donors (Lipinski definition) is 1. The summed E-state index contributed by atoms with van der Waals surface area (Å²) < 4.78 is 0. The summed E-state index contributed by atoms with van der Waals surface area (Å²) in [5.74, 6) is 0.671. The lowest BCUT2D eigenvalue weighted by Gasteiger charge is -2.31. The van der Waals surface area contributed by atoms with Gasteiger partial charge in [-0.15, -0.1) is 11.3 Å². The van der Waals surface area contributed by atoms with E-state index >= 15 is 0 Å². The minimum atomic E-state index is 0.541. The summed E-state index contributed by atoms with van der Waals surface area (Å²) >= 11 is 1.94. The van der Waals surface area contributed by atoms with Gasteiger partial charge in [0.25, 0.3) is 0 Å². The van der Waals surface area contributed by atoms with Crippen LogP contribution >= 0.6 is 11.3 Å². The van der Waals surface area contributed by atoms with Gasteiger partial charge in [-0.1, -0.05) is 23.8 Å². The van der Waals surface area contributed by atoms with E-state index in [4.69, 9.17) is 0 Å². The molecule has 2 heteroatoms. The molecule has 2 unspecified atom stereocenters. The van der Waals surface area contributed by atoms with Crippen LogP contribution in [0.2, 0.25) is 0 Å². The molecule has 2 atom stereocenters. The molecule has 1 aliphatic rings. The standard InChI is InChI=1S/C19H25NS/c1-13-7-8-14(2)15(11-13)12-18(20-3)16-5-4-6-19-17(16)9-10-21-19/h7-11,16,18,20H,4-6,12H2,1-3H3. The summed E-state index contributed by atoms with van der Waals surface area (Å²) in [7, 11) is 2.12. The first kappa shape index (κ1) is 14.8. The second kappa shape index (κ2) is 6.33. The Hall–Kier alpha value is -1.12. The number of hydrogen-bond acceptors (Lipinski definition) is 2. The molecule has 21 heavy (non-hydrogen) atoms.